The number of hydrazone groups is 1. The minimum absolute atomic E-state index is 0.0227. The van der Waals surface area contributed by atoms with Crippen molar-refractivity contribution in [3.8, 4) is 11.5 Å². The average Bonchev–Trinajstić information content (AvgIpc) is 3.37. The smallest absolute Gasteiger partial charge is 0.283 e. The number of nitro groups is 1. The van der Waals surface area contributed by atoms with Gasteiger partial charge in [0.15, 0.2) is 5.84 Å². The number of nitrogens with one attached hydrogen (secondary N) is 1. The van der Waals surface area contributed by atoms with E-state index in [0.717, 1.165) is 23.6 Å². The Balaban J connectivity index is 1.27. The minimum atomic E-state index is -0.603. The number of hydrogen-bond donors (Lipinski definition) is 1. The number of fused-ring (bicyclic) bond motifs is 1. The van der Waals surface area contributed by atoms with Gasteiger partial charge in [-0.3, -0.25) is 20.3 Å². The molecule has 40 heavy (non-hydrogen) atoms. The number of carbonyl (C=O) groups excluding carboxylic acids is 1. The van der Waals surface area contributed by atoms with Crippen LogP contribution in [0, 0.1) is 15.5 Å². The van der Waals surface area contributed by atoms with Crippen LogP contribution in [0.15, 0.2) is 58.1 Å². The zero-order valence-electron chi connectivity index (χ0n) is 22.3. The summed E-state index contributed by atoms with van der Waals surface area (Å²) in [7, 11) is 0. The summed E-state index contributed by atoms with van der Waals surface area (Å²) in [5, 5.41) is 26.9. The molecule has 10 nitrogen and oxygen atoms in total. The maximum atomic E-state index is 12.8. The number of thioether (sulfide) groups is 1. The van der Waals surface area contributed by atoms with E-state index in [1.807, 2.05) is 19.1 Å². The Kier molecular flexibility index (Phi) is 8.59. The van der Waals surface area contributed by atoms with Crippen molar-refractivity contribution in [1.29, 1.82) is 5.41 Å². The van der Waals surface area contributed by atoms with Crippen LogP contribution in [-0.4, -0.2) is 45.1 Å². The first-order chi connectivity index (χ1) is 19.4. The lowest BCUT2D eigenvalue weighted by atomic mass is 9.84. The molecule has 3 aliphatic rings. The molecule has 2 heterocycles. The van der Waals surface area contributed by atoms with Crippen molar-refractivity contribution in [1.82, 2.24) is 5.01 Å². The fourth-order valence-corrected chi connectivity index (χ4v) is 5.97. The van der Waals surface area contributed by atoms with Crippen molar-refractivity contribution in [2.45, 2.75) is 57.8 Å². The minimum Gasteiger partial charge on any atom is -0.490 e. The Morgan fingerprint density at radius 2 is 1.88 bits per heavy atom. The fraction of sp³-hybridized carbons (Fsp3) is 0.379. The van der Waals surface area contributed by atoms with E-state index >= 15 is 0 Å². The van der Waals surface area contributed by atoms with Crippen molar-refractivity contribution in [3.63, 3.8) is 0 Å². The van der Waals surface area contributed by atoms with Crippen LogP contribution in [0.25, 0.3) is 6.08 Å². The number of non-ortho nitro benzene ring substituents is 1. The molecule has 1 amide bonds. The van der Waals surface area contributed by atoms with Crippen molar-refractivity contribution in [3.05, 3.63) is 69.3 Å². The van der Waals surface area contributed by atoms with Crippen LogP contribution in [0.2, 0.25) is 0 Å². The van der Waals surface area contributed by atoms with Crippen LogP contribution in [-0.2, 0) is 4.79 Å². The van der Waals surface area contributed by atoms with E-state index in [0.29, 0.717) is 22.4 Å². The highest BCUT2D eigenvalue weighted by Crippen LogP contribution is 2.34. The maximum absolute atomic E-state index is 12.8. The molecule has 11 heteroatoms. The first-order valence-corrected chi connectivity index (χ1v) is 14.4. The highest BCUT2D eigenvalue weighted by Gasteiger charge is 2.35. The molecule has 2 aromatic carbocycles. The Morgan fingerprint density at radius 3 is 2.60 bits per heavy atom. The Hall–Kier alpha value is -3.99. The van der Waals surface area contributed by atoms with E-state index in [9.17, 15) is 14.9 Å². The lowest BCUT2D eigenvalue weighted by Gasteiger charge is -2.22. The number of ether oxygens (including phenoxy) is 2. The molecule has 2 aromatic rings. The van der Waals surface area contributed by atoms with E-state index in [1.165, 1.54) is 78.7 Å². The van der Waals surface area contributed by atoms with Crippen molar-refractivity contribution in [2.24, 2.45) is 10.1 Å². The average molecular weight is 562 g/mol. The molecular weight excluding hydrogens is 530 g/mol. The molecule has 1 N–H and O–H groups in total. The van der Waals surface area contributed by atoms with Crippen LogP contribution < -0.4 is 9.47 Å². The van der Waals surface area contributed by atoms with Gasteiger partial charge in [0, 0.05) is 17.7 Å². The number of nitrogens with zero attached hydrogens (tertiary/aromatic N) is 4. The molecule has 1 saturated carbocycles. The number of amidine groups is 2. The summed E-state index contributed by atoms with van der Waals surface area (Å²) >= 11 is 1.27. The van der Waals surface area contributed by atoms with Gasteiger partial charge in [-0.25, -0.2) is 0 Å². The molecule has 208 valence electrons. The third-order valence-electron chi connectivity index (χ3n) is 7.03. The molecule has 0 unspecified atom stereocenters. The van der Waals surface area contributed by atoms with E-state index in [1.54, 1.807) is 0 Å². The normalized spacial score (nSPS) is 18.4. The number of amides is 1. The molecule has 0 aromatic heterocycles. The van der Waals surface area contributed by atoms with Gasteiger partial charge in [-0.15, -0.1) is 0 Å². The second-order valence-electron chi connectivity index (χ2n) is 9.84. The largest absolute Gasteiger partial charge is 0.490 e. The number of aliphatic imine (C=N–C) groups is 1. The van der Waals surface area contributed by atoms with Gasteiger partial charge in [-0.05, 0) is 73.2 Å². The molecule has 5 rings (SSSR count). The summed E-state index contributed by atoms with van der Waals surface area (Å²) in [6.45, 7) is 2.46. The first-order valence-electron chi connectivity index (χ1n) is 13.6. The molecule has 2 aliphatic heterocycles. The molecule has 0 saturated heterocycles. The standard InChI is InChI=1S/C29H31N5O5S/c1-2-6-26-32-33-27(30)24(28(35)31-29(33)40-26)18-21-17-22(34(36)37)11-14-25(21)39-16-15-38-23-12-9-20(10-13-23)19-7-4-3-5-8-19/h9-14,17-19,30H,2-8,15-16H2,1H3/b24-18-,30-27?. The number of benzene rings is 2. The highest BCUT2D eigenvalue weighted by molar-refractivity contribution is 8.26. The van der Waals surface area contributed by atoms with Gasteiger partial charge in [0.2, 0.25) is 5.17 Å². The van der Waals surface area contributed by atoms with Crippen LogP contribution in [0.4, 0.5) is 5.69 Å². The lowest BCUT2D eigenvalue weighted by Crippen LogP contribution is -2.35. The topological polar surface area (TPSA) is 130 Å². The molecule has 1 aliphatic carbocycles. The summed E-state index contributed by atoms with van der Waals surface area (Å²) < 4.78 is 11.8. The fourth-order valence-electron chi connectivity index (χ4n) is 4.98. The van der Waals surface area contributed by atoms with Crippen molar-refractivity contribution < 1.29 is 19.2 Å². The van der Waals surface area contributed by atoms with Crippen LogP contribution in [0.1, 0.15) is 68.9 Å². The van der Waals surface area contributed by atoms with Crippen LogP contribution in [0.5, 0.6) is 11.5 Å². The Bertz CT molecular complexity index is 1400. The molecular formula is C29H31N5O5S. The van der Waals surface area contributed by atoms with Gasteiger partial charge in [0.1, 0.15) is 29.8 Å². The Labute approximate surface area is 236 Å². The molecule has 0 radical (unpaired) electrons. The second-order valence-corrected chi connectivity index (χ2v) is 10.9. The number of nitro benzene ring substituents is 1. The third kappa shape index (κ3) is 6.25. The summed E-state index contributed by atoms with van der Waals surface area (Å²) in [4.78, 5) is 27.8. The predicted molar refractivity (Wildman–Crippen MR) is 156 cm³/mol. The summed E-state index contributed by atoms with van der Waals surface area (Å²) in [5.41, 5.74) is 1.46. The van der Waals surface area contributed by atoms with E-state index < -0.39 is 10.8 Å². The van der Waals surface area contributed by atoms with Crippen molar-refractivity contribution in [2.75, 3.05) is 13.2 Å². The maximum Gasteiger partial charge on any atom is 0.283 e. The monoisotopic (exact) mass is 561 g/mol. The third-order valence-corrected chi connectivity index (χ3v) is 8.00. The Morgan fingerprint density at radius 1 is 1.12 bits per heavy atom. The SMILES string of the molecule is CCCC1=NN2C(=N)/C(=C/c3cc([N+](=O)[O-])ccc3OCCOc3ccc(C4CCCCC4)cc3)C(=O)N=C2S1. The van der Waals surface area contributed by atoms with Gasteiger partial charge in [-0.1, -0.05) is 38.3 Å². The quantitative estimate of drug-likeness (QED) is 0.151. The summed E-state index contributed by atoms with van der Waals surface area (Å²) in [6.07, 6.45) is 9.37. The molecule has 0 atom stereocenters. The molecule has 0 bridgehead atoms. The van der Waals surface area contributed by atoms with Gasteiger partial charge >= 0.3 is 0 Å². The first kappa shape index (κ1) is 27.6. The van der Waals surface area contributed by atoms with E-state index in [4.69, 9.17) is 14.9 Å². The zero-order chi connectivity index (χ0) is 28.1. The number of carbonyl (C=O) groups is 1. The lowest BCUT2D eigenvalue weighted by molar-refractivity contribution is -0.384. The highest BCUT2D eigenvalue weighted by atomic mass is 32.2. The summed E-state index contributed by atoms with van der Waals surface area (Å²) in [6, 6.07) is 12.4. The van der Waals surface area contributed by atoms with Gasteiger partial charge < -0.3 is 9.47 Å². The van der Waals surface area contributed by atoms with Gasteiger partial charge in [-0.2, -0.15) is 15.1 Å². The van der Waals surface area contributed by atoms with E-state index in [2.05, 4.69) is 22.2 Å². The van der Waals surface area contributed by atoms with Crippen molar-refractivity contribution >= 4 is 45.5 Å². The van der Waals surface area contributed by atoms with Crippen LogP contribution in [0.3, 0.4) is 0 Å². The second kappa shape index (κ2) is 12.5. The molecule has 0 spiro atoms. The number of rotatable bonds is 10. The van der Waals surface area contributed by atoms with E-state index in [-0.39, 0.29) is 30.3 Å². The number of hydrogen-bond acceptors (Lipinski definition) is 8. The predicted octanol–water partition coefficient (Wildman–Crippen LogP) is 6.52. The van der Waals surface area contributed by atoms with Gasteiger partial charge in [0.05, 0.1) is 10.5 Å². The molecule has 1 fully saturated rings. The van der Waals surface area contributed by atoms with Crippen LogP contribution >= 0.6 is 11.8 Å². The summed E-state index contributed by atoms with van der Waals surface area (Å²) in [5.74, 6) is 0.969. The van der Waals surface area contributed by atoms with Gasteiger partial charge in [0.25, 0.3) is 11.6 Å². The zero-order valence-corrected chi connectivity index (χ0v) is 23.1.